The van der Waals surface area contributed by atoms with Gasteiger partial charge in [-0.25, -0.2) is 4.98 Å². The van der Waals surface area contributed by atoms with Crippen molar-refractivity contribution < 1.29 is 9.53 Å². The van der Waals surface area contributed by atoms with Gasteiger partial charge in [-0.3, -0.25) is 4.79 Å². The molecule has 10 heteroatoms. The number of benzene rings is 2. The molecule has 36 heavy (non-hydrogen) atoms. The molecule has 2 aromatic carbocycles. The highest BCUT2D eigenvalue weighted by Gasteiger charge is 2.23. The van der Waals surface area contributed by atoms with Gasteiger partial charge in [0.1, 0.15) is 0 Å². The van der Waals surface area contributed by atoms with Crippen LogP contribution in [0, 0.1) is 5.92 Å². The summed E-state index contributed by atoms with van der Waals surface area (Å²) in [6, 6.07) is 8.06. The van der Waals surface area contributed by atoms with E-state index in [-0.39, 0.29) is 17.8 Å². The Balaban J connectivity index is 1.21. The normalized spacial score (nSPS) is 16.4. The minimum atomic E-state index is 0.150. The molecule has 2 aliphatic rings. The number of nitrogens with zero attached hydrogens (tertiary/aromatic N) is 4. The minimum Gasteiger partial charge on any atom is -0.372 e. The van der Waals surface area contributed by atoms with E-state index >= 15 is 0 Å². The maximum atomic E-state index is 12.4. The molecule has 0 radical (unpaired) electrons. The third-order valence-electron chi connectivity index (χ3n) is 6.84. The Morgan fingerprint density at radius 3 is 2.83 bits per heavy atom. The van der Waals surface area contributed by atoms with Crippen molar-refractivity contribution in [2.45, 2.75) is 44.1 Å². The van der Waals surface area contributed by atoms with Gasteiger partial charge in [-0.1, -0.05) is 41.6 Å². The molecule has 1 amide bonds. The van der Waals surface area contributed by atoms with Crippen molar-refractivity contribution in [2.75, 3.05) is 38.2 Å². The predicted octanol–water partition coefficient (Wildman–Crippen LogP) is 4.29. The number of nitrogen functional groups attached to an aromatic ring is 1. The van der Waals surface area contributed by atoms with Crippen molar-refractivity contribution in [2.24, 2.45) is 5.92 Å². The van der Waals surface area contributed by atoms with Gasteiger partial charge in [0.15, 0.2) is 11.0 Å². The molecule has 190 valence electrons. The van der Waals surface area contributed by atoms with Crippen molar-refractivity contribution in [3.05, 3.63) is 40.4 Å². The molecule has 1 fully saturated rings. The summed E-state index contributed by atoms with van der Waals surface area (Å²) >= 11 is 8.25. The first-order chi connectivity index (χ1) is 17.5. The highest BCUT2D eigenvalue weighted by molar-refractivity contribution is 7.99. The fourth-order valence-corrected chi connectivity index (χ4v) is 6.07. The van der Waals surface area contributed by atoms with Crippen LogP contribution in [-0.4, -0.2) is 58.2 Å². The summed E-state index contributed by atoms with van der Waals surface area (Å²) in [5.74, 6) is 1.82. The minimum absolute atomic E-state index is 0.150. The Kier molecular flexibility index (Phi) is 7.90. The van der Waals surface area contributed by atoms with Gasteiger partial charge in [-0.05, 0) is 73.8 Å². The number of unbranched alkanes of at least 4 members (excludes halogenated alkanes) is 1. The first-order valence-corrected chi connectivity index (χ1v) is 13.8. The standard InChI is InChI=1S/C26H31ClN6O2S/c1-33-10-7-16(8-11-33)24(34)29-9-2-3-12-36-26-31-23(30-25(28)32-26)22-19-6-4-5-17-14-35-15-18(21(17)19)13-20(22)27/h4-6,13,16H,2-3,7-12,14-15H2,1H3,(H,29,34)(H2,28,30,31,32). The van der Waals surface area contributed by atoms with Gasteiger partial charge in [0.05, 0.1) is 18.2 Å². The van der Waals surface area contributed by atoms with Gasteiger partial charge in [0.2, 0.25) is 11.9 Å². The van der Waals surface area contributed by atoms with Gasteiger partial charge in [-0.15, -0.1) is 0 Å². The number of likely N-dealkylation sites (tertiary alicyclic amines) is 1. The average molecular weight is 527 g/mol. The van der Waals surface area contributed by atoms with Gasteiger partial charge in [0.25, 0.3) is 0 Å². The number of ether oxygens (including phenoxy) is 1. The second-order valence-electron chi connectivity index (χ2n) is 9.45. The summed E-state index contributed by atoms with van der Waals surface area (Å²) in [6.07, 6.45) is 3.72. The van der Waals surface area contributed by atoms with Crippen molar-refractivity contribution in [1.82, 2.24) is 25.2 Å². The molecular weight excluding hydrogens is 496 g/mol. The van der Waals surface area contributed by atoms with Crippen LogP contribution in [0.25, 0.3) is 22.2 Å². The SMILES string of the molecule is CN1CCC(C(=O)NCCCCSc2nc(N)nc(-c3c(Cl)cc4c5c(cccc35)COC4)n2)CC1. The van der Waals surface area contributed by atoms with E-state index in [1.165, 1.54) is 0 Å². The number of carbonyl (C=O) groups is 1. The van der Waals surface area contributed by atoms with E-state index in [9.17, 15) is 4.79 Å². The van der Waals surface area contributed by atoms with Crippen LogP contribution in [0.2, 0.25) is 5.02 Å². The molecule has 0 atom stereocenters. The first kappa shape index (κ1) is 25.2. The first-order valence-electron chi connectivity index (χ1n) is 12.4. The molecule has 0 saturated carbocycles. The lowest BCUT2D eigenvalue weighted by atomic mass is 9.94. The molecule has 3 aromatic rings. The molecule has 8 nitrogen and oxygen atoms in total. The van der Waals surface area contributed by atoms with Crippen LogP contribution in [0.1, 0.15) is 36.8 Å². The molecule has 0 bridgehead atoms. The molecule has 0 aliphatic carbocycles. The number of carbonyl (C=O) groups excluding carboxylic acids is 1. The highest BCUT2D eigenvalue weighted by atomic mass is 35.5. The number of halogens is 1. The average Bonchev–Trinajstić information content (AvgIpc) is 2.86. The number of aromatic nitrogens is 3. The highest BCUT2D eigenvalue weighted by Crippen LogP contribution is 2.39. The summed E-state index contributed by atoms with van der Waals surface area (Å²) in [5, 5.41) is 6.40. The van der Waals surface area contributed by atoms with Crippen molar-refractivity contribution >= 4 is 46.0 Å². The Morgan fingerprint density at radius 1 is 1.19 bits per heavy atom. The van der Waals surface area contributed by atoms with Gasteiger partial charge in [-0.2, -0.15) is 9.97 Å². The Labute approximate surface area is 220 Å². The third kappa shape index (κ3) is 5.59. The van der Waals surface area contributed by atoms with Crippen LogP contribution in [0.15, 0.2) is 29.4 Å². The number of thioether (sulfide) groups is 1. The lowest BCUT2D eigenvalue weighted by Gasteiger charge is -2.28. The lowest BCUT2D eigenvalue weighted by molar-refractivity contribution is -0.126. The molecule has 5 rings (SSSR count). The maximum Gasteiger partial charge on any atom is 0.224 e. The van der Waals surface area contributed by atoms with Crippen molar-refractivity contribution in [1.29, 1.82) is 0 Å². The number of anilines is 1. The fraction of sp³-hybridized carbons (Fsp3) is 0.462. The summed E-state index contributed by atoms with van der Waals surface area (Å²) in [7, 11) is 2.10. The molecule has 1 saturated heterocycles. The topological polar surface area (TPSA) is 106 Å². The van der Waals surface area contributed by atoms with E-state index in [0.717, 1.165) is 72.0 Å². The quantitative estimate of drug-likeness (QED) is 0.331. The fourth-order valence-electron chi connectivity index (χ4n) is 4.91. The van der Waals surface area contributed by atoms with Crippen LogP contribution in [0.3, 0.4) is 0 Å². The molecular formula is C26H31ClN6O2S. The van der Waals surface area contributed by atoms with E-state index in [2.05, 4.69) is 33.3 Å². The molecule has 0 unspecified atom stereocenters. The van der Waals surface area contributed by atoms with Gasteiger partial charge >= 0.3 is 0 Å². The Bertz CT molecular complexity index is 1260. The Morgan fingerprint density at radius 2 is 2.00 bits per heavy atom. The Hall–Kier alpha value is -2.46. The third-order valence-corrected chi connectivity index (χ3v) is 8.07. The molecule has 1 aromatic heterocycles. The number of hydrogen-bond acceptors (Lipinski definition) is 8. The zero-order chi connectivity index (χ0) is 25.1. The van der Waals surface area contributed by atoms with Gasteiger partial charge in [0, 0.05) is 23.8 Å². The number of nitrogens with one attached hydrogen (secondary N) is 1. The molecule has 3 N–H and O–H groups in total. The van der Waals surface area contributed by atoms with Gasteiger partial charge < -0.3 is 20.7 Å². The number of nitrogens with two attached hydrogens (primary N) is 1. The summed E-state index contributed by atoms with van der Waals surface area (Å²) in [4.78, 5) is 28.1. The van der Waals surface area contributed by atoms with Crippen LogP contribution >= 0.6 is 23.4 Å². The van der Waals surface area contributed by atoms with E-state index in [1.54, 1.807) is 11.8 Å². The van der Waals surface area contributed by atoms with E-state index in [0.29, 0.717) is 35.8 Å². The lowest BCUT2D eigenvalue weighted by Crippen LogP contribution is -2.39. The van der Waals surface area contributed by atoms with Crippen LogP contribution < -0.4 is 11.1 Å². The van der Waals surface area contributed by atoms with Crippen molar-refractivity contribution in [3.8, 4) is 11.4 Å². The summed E-state index contributed by atoms with van der Waals surface area (Å²) in [5.41, 5.74) is 9.03. The van der Waals surface area contributed by atoms with E-state index in [4.69, 9.17) is 27.1 Å². The molecule has 2 aliphatic heterocycles. The zero-order valence-electron chi connectivity index (χ0n) is 20.4. The number of amides is 1. The van der Waals surface area contributed by atoms with Crippen LogP contribution in [0.5, 0.6) is 0 Å². The molecule has 3 heterocycles. The second kappa shape index (κ2) is 11.3. The number of rotatable bonds is 8. The number of piperidine rings is 1. The summed E-state index contributed by atoms with van der Waals surface area (Å²) < 4.78 is 5.70. The smallest absolute Gasteiger partial charge is 0.224 e. The number of hydrogen-bond donors (Lipinski definition) is 2. The monoisotopic (exact) mass is 526 g/mol. The van der Waals surface area contributed by atoms with Crippen LogP contribution in [0.4, 0.5) is 5.95 Å². The van der Waals surface area contributed by atoms with Crippen molar-refractivity contribution in [3.63, 3.8) is 0 Å². The summed E-state index contributed by atoms with van der Waals surface area (Å²) in [6.45, 7) is 3.78. The largest absolute Gasteiger partial charge is 0.372 e. The van der Waals surface area contributed by atoms with Crippen LogP contribution in [-0.2, 0) is 22.7 Å². The zero-order valence-corrected chi connectivity index (χ0v) is 22.0. The second-order valence-corrected chi connectivity index (χ2v) is 10.9. The van der Waals surface area contributed by atoms with E-state index < -0.39 is 0 Å². The maximum absolute atomic E-state index is 12.4. The van der Waals surface area contributed by atoms with E-state index in [1.807, 2.05) is 18.2 Å². The predicted molar refractivity (Wildman–Crippen MR) is 144 cm³/mol. The molecule has 0 spiro atoms.